The number of carbonyl (C=O) groups is 1. The van der Waals surface area contributed by atoms with Gasteiger partial charge in [-0.25, -0.2) is 14.2 Å². The van der Waals surface area contributed by atoms with E-state index in [1.165, 1.54) is 24.7 Å². The summed E-state index contributed by atoms with van der Waals surface area (Å²) in [6, 6.07) is 3.46. The minimum absolute atomic E-state index is 0.160. The van der Waals surface area contributed by atoms with Crippen LogP contribution in [0.2, 0.25) is 0 Å². The molecule has 0 aliphatic carbocycles. The summed E-state index contributed by atoms with van der Waals surface area (Å²) >= 11 is 0. The van der Waals surface area contributed by atoms with Gasteiger partial charge in [0.25, 0.3) is 0 Å². The van der Waals surface area contributed by atoms with Crippen molar-refractivity contribution in [2.45, 2.75) is 0 Å². The molecule has 0 fully saturated rings. The van der Waals surface area contributed by atoms with Crippen molar-refractivity contribution < 1.29 is 19.0 Å². The highest BCUT2D eigenvalue weighted by atomic mass is 19.1. The minimum Gasteiger partial charge on any atom is -0.478 e. The van der Waals surface area contributed by atoms with Gasteiger partial charge in [0.2, 0.25) is 5.88 Å². The normalized spacial score (nSPS) is 9.94. The maximum Gasteiger partial charge on any atom is 0.338 e. The monoisotopic (exact) mass is 234 g/mol. The van der Waals surface area contributed by atoms with Gasteiger partial charge in [-0.15, -0.1) is 0 Å². The third kappa shape index (κ3) is 2.54. The zero-order valence-corrected chi connectivity index (χ0v) is 8.50. The van der Waals surface area contributed by atoms with E-state index >= 15 is 0 Å². The van der Waals surface area contributed by atoms with Crippen molar-refractivity contribution in [3.8, 4) is 11.6 Å². The quantitative estimate of drug-likeness (QED) is 0.880. The number of benzene rings is 1. The van der Waals surface area contributed by atoms with E-state index < -0.39 is 17.3 Å². The Morgan fingerprint density at radius 3 is 2.76 bits per heavy atom. The molecule has 1 N–H and O–H groups in total. The van der Waals surface area contributed by atoms with Gasteiger partial charge in [-0.05, 0) is 12.1 Å². The van der Waals surface area contributed by atoms with E-state index in [0.717, 1.165) is 12.1 Å². The Kier molecular flexibility index (Phi) is 2.95. The van der Waals surface area contributed by atoms with Crippen LogP contribution in [0, 0.1) is 5.82 Å². The fraction of sp³-hybridized carbons (Fsp3) is 0. The number of hydrogen-bond acceptors (Lipinski definition) is 4. The molecule has 0 saturated carbocycles. The Balaban J connectivity index is 2.24. The van der Waals surface area contributed by atoms with E-state index in [1.807, 2.05) is 0 Å². The Bertz CT molecular complexity index is 546. The lowest BCUT2D eigenvalue weighted by Crippen LogP contribution is -2.00. The maximum atomic E-state index is 13.3. The summed E-state index contributed by atoms with van der Waals surface area (Å²) in [7, 11) is 0. The zero-order chi connectivity index (χ0) is 12.3. The highest BCUT2D eigenvalue weighted by Gasteiger charge is 2.11. The average Bonchev–Trinajstić information content (AvgIpc) is 2.30. The summed E-state index contributed by atoms with van der Waals surface area (Å²) in [5.41, 5.74) is -0.406. The van der Waals surface area contributed by atoms with Gasteiger partial charge in [0.05, 0.1) is 11.8 Å². The van der Waals surface area contributed by atoms with E-state index in [9.17, 15) is 9.18 Å². The van der Waals surface area contributed by atoms with Gasteiger partial charge in [-0.3, -0.25) is 4.98 Å². The van der Waals surface area contributed by atoms with Crippen molar-refractivity contribution in [2.75, 3.05) is 0 Å². The molecule has 2 aromatic rings. The number of nitrogens with zero attached hydrogens (tertiary/aromatic N) is 2. The van der Waals surface area contributed by atoms with Crippen LogP contribution in [-0.4, -0.2) is 21.0 Å². The number of halogens is 1. The standard InChI is InChI=1S/C11H7FN2O3/c12-9-5-7(1-2-8(9)11(15)16)17-10-6-13-3-4-14-10/h1-6H,(H,15,16). The highest BCUT2D eigenvalue weighted by Crippen LogP contribution is 2.21. The first-order valence-corrected chi connectivity index (χ1v) is 4.63. The average molecular weight is 234 g/mol. The second-order valence-corrected chi connectivity index (χ2v) is 3.09. The van der Waals surface area contributed by atoms with Crippen molar-refractivity contribution in [2.24, 2.45) is 0 Å². The van der Waals surface area contributed by atoms with Crippen molar-refractivity contribution in [1.29, 1.82) is 0 Å². The Morgan fingerprint density at radius 2 is 2.18 bits per heavy atom. The summed E-state index contributed by atoms with van der Waals surface area (Å²) in [4.78, 5) is 18.2. The van der Waals surface area contributed by atoms with Crippen molar-refractivity contribution in [3.63, 3.8) is 0 Å². The van der Waals surface area contributed by atoms with Gasteiger partial charge in [-0.2, -0.15) is 0 Å². The number of aromatic nitrogens is 2. The van der Waals surface area contributed by atoms with Crippen LogP contribution in [0.15, 0.2) is 36.8 Å². The topological polar surface area (TPSA) is 72.3 Å². The summed E-state index contributed by atoms with van der Waals surface area (Å²) in [6.07, 6.45) is 4.27. The smallest absolute Gasteiger partial charge is 0.338 e. The first-order valence-electron chi connectivity index (χ1n) is 4.63. The first kappa shape index (κ1) is 11.0. The van der Waals surface area contributed by atoms with Crippen LogP contribution < -0.4 is 4.74 Å². The first-order chi connectivity index (χ1) is 8.16. The number of rotatable bonds is 3. The van der Waals surface area contributed by atoms with Gasteiger partial charge in [-0.1, -0.05) is 0 Å². The lowest BCUT2D eigenvalue weighted by molar-refractivity contribution is 0.0692. The molecule has 86 valence electrons. The summed E-state index contributed by atoms with van der Waals surface area (Å²) in [5, 5.41) is 8.64. The molecule has 6 heteroatoms. The fourth-order valence-electron chi connectivity index (χ4n) is 1.19. The molecule has 0 amide bonds. The van der Waals surface area contributed by atoms with Crippen molar-refractivity contribution >= 4 is 5.97 Å². The van der Waals surface area contributed by atoms with E-state index in [4.69, 9.17) is 9.84 Å². The molecule has 17 heavy (non-hydrogen) atoms. The van der Waals surface area contributed by atoms with E-state index in [-0.39, 0.29) is 11.6 Å². The van der Waals surface area contributed by atoms with Crippen LogP contribution in [-0.2, 0) is 0 Å². The van der Waals surface area contributed by atoms with E-state index in [2.05, 4.69) is 9.97 Å². The lowest BCUT2D eigenvalue weighted by Gasteiger charge is -2.04. The lowest BCUT2D eigenvalue weighted by atomic mass is 10.2. The van der Waals surface area contributed by atoms with Crippen LogP contribution >= 0.6 is 0 Å². The minimum atomic E-state index is -1.33. The molecule has 5 nitrogen and oxygen atoms in total. The molecule has 2 rings (SSSR count). The molecule has 0 aliphatic heterocycles. The Morgan fingerprint density at radius 1 is 1.35 bits per heavy atom. The Labute approximate surface area is 95.5 Å². The molecule has 1 aromatic carbocycles. The molecule has 0 saturated heterocycles. The number of aromatic carboxylic acids is 1. The van der Waals surface area contributed by atoms with E-state index in [1.54, 1.807) is 0 Å². The second-order valence-electron chi connectivity index (χ2n) is 3.09. The second kappa shape index (κ2) is 4.56. The number of carboxylic acids is 1. The van der Waals surface area contributed by atoms with Gasteiger partial charge in [0, 0.05) is 18.5 Å². The van der Waals surface area contributed by atoms with Crippen LogP contribution in [0.4, 0.5) is 4.39 Å². The highest BCUT2D eigenvalue weighted by molar-refractivity contribution is 5.88. The number of hydrogen-bond donors (Lipinski definition) is 1. The number of carboxylic acid groups (broad SMARTS) is 1. The van der Waals surface area contributed by atoms with Crippen molar-refractivity contribution in [1.82, 2.24) is 9.97 Å². The van der Waals surface area contributed by atoms with Gasteiger partial charge in [0.15, 0.2) is 0 Å². The summed E-state index contributed by atoms with van der Waals surface area (Å²) in [5.74, 6) is -1.82. The van der Waals surface area contributed by atoms with Gasteiger partial charge < -0.3 is 9.84 Å². The van der Waals surface area contributed by atoms with Gasteiger partial charge >= 0.3 is 5.97 Å². The summed E-state index contributed by atoms with van der Waals surface area (Å²) < 4.78 is 18.5. The number of ether oxygens (including phenoxy) is 1. The molecular weight excluding hydrogens is 227 g/mol. The largest absolute Gasteiger partial charge is 0.478 e. The fourth-order valence-corrected chi connectivity index (χ4v) is 1.19. The Hall–Kier alpha value is -2.50. The SMILES string of the molecule is O=C(O)c1ccc(Oc2cnccn2)cc1F. The third-order valence-electron chi connectivity index (χ3n) is 1.93. The third-order valence-corrected chi connectivity index (χ3v) is 1.93. The molecule has 1 aromatic heterocycles. The van der Waals surface area contributed by atoms with Crippen LogP contribution in [0.25, 0.3) is 0 Å². The molecular formula is C11H7FN2O3. The van der Waals surface area contributed by atoms with Crippen LogP contribution in [0.1, 0.15) is 10.4 Å². The van der Waals surface area contributed by atoms with E-state index in [0.29, 0.717) is 0 Å². The molecule has 0 spiro atoms. The molecule has 0 radical (unpaired) electrons. The van der Waals surface area contributed by atoms with Gasteiger partial charge in [0.1, 0.15) is 11.6 Å². The molecule has 0 unspecified atom stereocenters. The predicted octanol–water partition coefficient (Wildman–Crippen LogP) is 2.11. The maximum absolute atomic E-state index is 13.3. The molecule has 0 atom stereocenters. The zero-order valence-electron chi connectivity index (χ0n) is 8.50. The summed E-state index contributed by atoms with van der Waals surface area (Å²) in [6.45, 7) is 0. The van der Waals surface area contributed by atoms with Crippen LogP contribution in [0.5, 0.6) is 11.6 Å². The van der Waals surface area contributed by atoms with Crippen LogP contribution in [0.3, 0.4) is 0 Å². The predicted molar refractivity (Wildman–Crippen MR) is 55.5 cm³/mol. The molecule has 0 aliphatic rings. The van der Waals surface area contributed by atoms with Crippen molar-refractivity contribution in [3.05, 3.63) is 48.2 Å². The molecule has 1 heterocycles. The molecule has 0 bridgehead atoms.